The van der Waals surface area contributed by atoms with Crippen LogP contribution < -0.4 is 10.2 Å². The van der Waals surface area contributed by atoms with Crippen molar-refractivity contribution in [3.05, 3.63) is 40.9 Å². The highest BCUT2D eigenvalue weighted by Gasteiger charge is 2.07. The Morgan fingerprint density at radius 3 is 2.78 bits per heavy atom. The maximum atomic E-state index is 11.4. The summed E-state index contributed by atoms with van der Waals surface area (Å²) < 4.78 is 10.3. The number of hydrogen-bond donors (Lipinski definition) is 1. The van der Waals surface area contributed by atoms with Crippen LogP contribution in [0.2, 0.25) is 0 Å². The molecule has 2 aromatic rings. The smallest absolute Gasteiger partial charge is 0.311 e. The summed E-state index contributed by atoms with van der Waals surface area (Å²) in [6.45, 7) is 4.75. The minimum atomic E-state index is -0.276. The Hall–Kier alpha value is -2.41. The van der Waals surface area contributed by atoms with E-state index in [9.17, 15) is 4.79 Å². The number of carbonyl (C=O) groups is 1. The van der Waals surface area contributed by atoms with E-state index in [-0.39, 0.29) is 12.4 Å². The number of hydrogen-bond acceptors (Lipinski definition) is 7. The van der Waals surface area contributed by atoms with Gasteiger partial charge in [0.25, 0.3) is 0 Å². The Kier molecular flexibility index (Phi) is 6.56. The molecule has 23 heavy (non-hydrogen) atoms. The Balaban J connectivity index is 1.85. The lowest BCUT2D eigenvalue weighted by molar-refractivity contribution is -0.142. The number of aromatic nitrogens is 1. The van der Waals surface area contributed by atoms with E-state index in [4.69, 9.17) is 9.47 Å². The van der Waals surface area contributed by atoms with Crippen molar-refractivity contribution in [3.63, 3.8) is 0 Å². The number of benzene rings is 1. The van der Waals surface area contributed by atoms with E-state index in [1.807, 2.05) is 36.6 Å². The van der Waals surface area contributed by atoms with Crippen molar-refractivity contribution >= 4 is 28.7 Å². The molecule has 0 bridgehead atoms. The first kappa shape index (κ1) is 17.0. The normalized spacial score (nSPS) is 10.7. The Morgan fingerprint density at radius 2 is 2.09 bits per heavy atom. The molecule has 1 aromatic heterocycles. The van der Waals surface area contributed by atoms with Crippen molar-refractivity contribution in [2.24, 2.45) is 5.10 Å². The number of nitrogens with one attached hydrogen (secondary N) is 1. The van der Waals surface area contributed by atoms with Crippen LogP contribution >= 0.6 is 11.3 Å². The number of ether oxygens (including phenoxy) is 2. The van der Waals surface area contributed by atoms with Gasteiger partial charge in [0.15, 0.2) is 0 Å². The lowest BCUT2D eigenvalue weighted by Gasteiger charge is -2.02. The monoisotopic (exact) mass is 333 g/mol. The van der Waals surface area contributed by atoms with Crippen molar-refractivity contribution in [1.82, 2.24) is 4.98 Å². The Bertz CT molecular complexity index is 653. The number of thiazole rings is 1. The number of esters is 1. The van der Waals surface area contributed by atoms with Crippen LogP contribution in [-0.2, 0) is 16.0 Å². The van der Waals surface area contributed by atoms with Crippen molar-refractivity contribution in [2.45, 2.75) is 20.3 Å². The second-order valence-electron chi connectivity index (χ2n) is 4.50. The van der Waals surface area contributed by atoms with Crippen molar-refractivity contribution in [2.75, 3.05) is 18.6 Å². The lowest BCUT2D eigenvalue weighted by atomic mass is 10.2. The van der Waals surface area contributed by atoms with Crippen molar-refractivity contribution in [3.8, 4) is 5.75 Å². The number of anilines is 1. The van der Waals surface area contributed by atoms with Crippen LogP contribution in [0.3, 0.4) is 0 Å². The Labute approximate surface area is 139 Å². The quantitative estimate of drug-likeness (QED) is 0.456. The van der Waals surface area contributed by atoms with E-state index < -0.39 is 0 Å². The van der Waals surface area contributed by atoms with Crippen LogP contribution in [0.4, 0.5) is 5.13 Å². The summed E-state index contributed by atoms with van der Waals surface area (Å²) in [7, 11) is 0. The van der Waals surface area contributed by atoms with Gasteiger partial charge in [0.2, 0.25) is 5.13 Å². The van der Waals surface area contributed by atoms with Crippen LogP contribution in [0, 0.1) is 0 Å². The van der Waals surface area contributed by atoms with Crippen molar-refractivity contribution < 1.29 is 14.3 Å². The summed E-state index contributed by atoms with van der Waals surface area (Å²) >= 11 is 1.39. The molecule has 0 saturated carbocycles. The van der Waals surface area contributed by atoms with E-state index in [1.165, 1.54) is 11.3 Å². The highest BCUT2D eigenvalue weighted by Crippen LogP contribution is 2.16. The molecule has 0 atom stereocenters. The first-order valence-electron chi connectivity index (χ1n) is 7.33. The second kappa shape index (κ2) is 8.89. The summed E-state index contributed by atoms with van der Waals surface area (Å²) in [5.74, 6) is 0.559. The molecule has 0 aliphatic rings. The molecule has 0 saturated heterocycles. The first-order valence-corrected chi connectivity index (χ1v) is 8.21. The van der Waals surface area contributed by atoms with Gasteiger partial charge in [-0.05, 0) is 43.7 Å². The molecule has 0 radical (unpaired) electrons. The van der Waals surface area contributed by atoms with E-state index in [0.717, 1.165) is 11.3 Å². The van der Waals surface area contributed by atoms with Gasteiger partial charge in [-0.25, -0.2) is 4.98 Å². The maximum Gasteiger partial charge on any atom is 0.311 e. The van der Waals surface area contributed by atoms with E-state index in [1.54, 1.807) is 13.1 Å². The van der Waals surface area contributed by atoms with Crippen LogP contribution in [-0.4, -0.2) is 30.4 Å². The van der Waals surface area contributed by atoms with Gasteiger partial charge in [-0.2, -0.15) is 5.10 Å². The molecule has 0 aliphatic heterocycles. The highest BCUT2D eigenvalue weighted by atomic mass is 32.1. The average molecular weight is 333 g/mol. The predicted molar refractivity (Wildman–Crippen MR) is 91.3 cm³/mol. The standard InChI is InChI=1S/C16H19N3O3S/c1-3-21-14-7-5-12(6-8-14)10-17-19-16-18-13(11-23-16)9-15(20)22-4-2/h5-8,10-11H,3-4,9H2,1-2H3,(H,18,19)/b17-10-. The molecule has 6 nitrogen and oxygen atoms in total. The second-order valence-corrected chi connectivity index (χ2v) is 5.36. The van der Waals surface area contributed by atoms with Crippen LogP contribution in [0.25, 0.3) is 0 Å². The van der Waals surface area contributed by atoms with Crippen LogP contribution in [0.5, 0.6) is 5.75 Å². The largest absolute Gasteiger partial charge is 0.494 e. The molecule has 0 aliphatic carbocycles. The molecular formula is C16H19N3O3S. The van der Waals surface area contributed by atoms with Gasteiger partial charge in [0, 0.05) is 5.38 Å². The maximum absolute atomic E-state index is 11.4. The Morgan fingerprint density at radius 1 is 1.30 bits per heavy atom. The fourth-order valence-electron chi connectivity index (χ4n) is 1.78. The van der Waals surface area contributed by atoms with Gasteiger partial charge in [0.05, 0.1) is 31.5 Å². The van der Waals surface area contributed by atoms with E-state index >= 15 is 0 Å². The van der Waals surface area contributed by atoms with Gasteiger partial charge in [-0.3, -0.25) is 10.2 Å². The molecule has 7 heteroatoms. The number of carbonyl (C=O) groups excluding carboxylic acids is 1. The first-order chi connectivity index (χ1) is 11.2. The molecule has 1 heterocycles. The summed E-state index contributed by atoms with van der Waals surface area (Å²) in [6.07, 6.45) is 1.87. The van der Waals surface area contributed by atoms with Crippen molar-refractivity contribution in [1.29, 1.82) is 0 Å². The summed E-state index contributed by atoms with van der Waals surface area (Å²) in [6, 6.07) is 7.63. The van der Waals surface area contributed by atoms with Crippen LogP contribution in [0.15, 0.2) is 34.7 Å². The number of hydrazone groups is 1. The van der Waals surface area contributed by atoms with Gasteiger partial charge in [-0.1, -0.05) is 0 Å². The summed E-state index contributed by atoms with van der Waals surface area (Å²) in [4.78, 5) is 15.7. The highest BCUT2D eigenvalue weighted by molar-refractivity contribution is 7.13. The van der Waals surface area contributed by atoms with Gasteiger partial charge >= 0.3 is 5.97 Å². The zero-order chi connectivity index (χ0) is 16.5. The molecule has 1 N–H and O–H groups in total. The molecule has 0 fully saturated rings. The molecular weight excluding hydrogens is 314 g/mol. The van der Waals surface area contributed by atoms with Gasteiger partial charge in [-0.15, -0.1) is 11.3 Å². The topological polar surface area (TPSA) is 72.8 Å². The molecule has 0 spiro atoms. The number of rotatable bonds is 8. The minimum Gasteiger partial charge on any atom is -0.494 e. The fourth-order valence-corrected chi connectivity index (χ4v) is 2.44. The van der Waals surface area contributed by atoms with E-state index in [2.05, 4.69) is 15.5 Å². The fraction of sp³-hybridized carbons (Fsp3) is 0.312. The summed E-state index contributed by atoms with van der Waals surface area (Å²) in [5, 5.41) is 6.57. The number of nitrogens with zero attached hydrogens (tertiary/aromatic N) is 2. The van der Waals surface area contributed by atoms with Gasteiger partial charge < -0.3 is 9.47 Å². The predicted octanol–water partition coefficient (Wildman–Crippen LogP) is 3.09. The average Bonchev–Trinajstić information content (AvgIpc) is 2.97. The molecule has 2 rings (SSSR count). The third-order valence-corrected chi connectivity index (χ3v) is 3.54. The van der Waals surface area contributed by atoms with E-state index in [0.29, 0.717) is 24.0 Å². The third-order valence-electron chi connectivity index (χ3n) is 2.75. The molecule has 0 amide bonds. The molecule has 122 valence electrons. The SMILES string of the molecule is CCOC(=O)Cc1csc(N/N=C\c2ccc(OCC)cc2)n1. The van der Waals surface area contributed by atoms with Gasteiger partial charge in [0.1, 0.15) is 5.75 Å². The minimum absolute atomic E-state index is 0.175. The zero-order valence-electron chi connectivity index (χ0n) is 13.1. The lowest BCUT2D eigenvalue weighted by Crippen LogP contribution is -2.07. The molecule has 0 unspecified atom stereocenters. The molecule has 1 aromatic carbocycles. The summed E-state index contributed by atoms with van der Waals surface area (Å²) in [5.41, 5.74) is 4.47. The third kappa shape index (κ3) is 5.71. The van der Waals surface area contributed by atoms with Crippen LogP contribution in [0.1, 0.15) is 25.1 Å². The zero-order valence-corrected chi connectivity index (χ0v) is 13.9.